The van der Waals surface area contributed by atoms with Crippen molar-refractivity contribution in [2.75, 3.05) is 13.1 Å². The quantitative estimate of drug-likeness (QED) is 0.926. The second-order valence-electron chi connectivity index (χ2n) is 6.44. The number of piperidine rings is 1. The van der Waals surface area contributed by atoms with E-state index in [1.165, 1.54) is 6.07 Å². The van der Waals surface area contributed by atoms with E-state index >= 15 is 0 Å². The van der Waals surface area contributed by atoms with Gasteiger partial charge in [-0.3, -0.25) is 9.69 Å². The van der Waals surface area contributed by atoms with E-state index in [2.05, 4.69) is 10.2 Å². The first-order chi connectivity index (χ1) is 10.9. The summed E-state index contributed by atoms with van der Waals surface area (Å²) in [4.78, 5) is 14.6. The van der Waals surface area contributed by atoms with Gasteiger partial charge in [0.05, 0.1) is 12.0 Å². The van der Waals surface area contributed by atoms with Crippen molar-refractivity contribution in [2.24, 2.45) is 0 Å². The molecule has 2 atom stereocenters. The third kappa shape index (κ3) is 3.86. The van der Waals surface area contributed by atoms with Crippen molar-refractivity contribution in [3.8, 4) is 0 Å². The number of hydrogen-bond acceptors (Lipinski definition) is 2. The van der Waals surface area contributed by atoms with Crippen LogP contribution in [0.4, 0.5) is 13.2 Å². The van der Waals surface area contributed by atoms with E-state index in [9.17, 15) is 18.0 Å². The number of amides is 1. The average Bonchev–Trinajstić information content (AvgIpc) is 2.96. The Balaban J connectivity index is 1.61. The van der Waals surface area contributed by atoms with E-state index in [0.717, 1.165) is 50.9 Å². The SMILES string of the molecule is O=C(Cc1cccc(C(F)(F)F)c1)N[C@H]1CCCN2CCC[C@@H]12. The molecule has 0 radical (unpaired) electrons. The molecule has 1 aromatic carbocycles. The van der Waals surface area contributed by atoms with Crippen LogP contribution in [-0.2, 0) is 17.4 Å². The zero-order valence-corrected chi connectivity index (χ0v) is 12.9. The van der Waals surface area contributed by atoms with Gasteiger partial charge in [-0.05, 0) is 50.4 Å². The highest BCUT2D eigenvalue weighted by molar-refractivity contribution is 5.79. The molecule has 0 aliphatic carbocycles. The molecule has 126 valence electrons. The fraction of sp³-hybridized carbons (Fsp3) is 0.588. The van der Waals surface area contributed by atoms with Crippen molar-refractivity contribution in [1.29, 1.82) is 0 Å². The minimum absolute atomic E-state index is 0.00681. The van der Waals surface area contributed by atoms with Crippen molar-refractivity contribution < 1.29 is 18.0 Å². The molecule has 2 aliphatic rings. The van der Waals surface area contributed by atoms with Gasteiger partial charge in [-0.15, -0.1) is 0 Å². The van der Waals surface area contributed by atoms with Crippen LogP contribution in [-0.4, -0.2) is 36.0 Å². The molecule has 0 unspecified atom stereocenters. The molecule has 0 aromatic heterocycles. The van der Waals surface area contributed by atoms with Crippen molar-refractivity contribution in [2.45, 2.75) is 50.4 Å². The number of nitrogens with zero attached hydrogens (tertiary/aromatic N) is 1. The maximum Gasteiger partial charge on any atom is 0.416 e. The van der Waals surface area contributed by atoms with Crippen LogP contribution in [0.3, 0.4) is 0 Å². The van der Waals surface area contributed by atoms with Crippen LogP contribution in [0.25, 0.3) is 0 Å². The molecule has 2 heterocycles. The standard InChI is InChI=1S/C17H21F3N2O/c18-17(19,20)13-5-1-4-12(10-13)11-16(23)21-14-6-2-8-22-9-3-7-15(14)22/h1,4-5,10,14-15H,2-3,6-9,11H2,(H,21,23)/t14-,15-/m0/s1. The molecule has 3 nitrogen and oxygen atoms in total. The van der Waals surface area contributed by atoms with Gasteiger partial charge in [-0.2, -0.15) is 13.2 Å². The topological polar surface area (TPSA) is 32.3 Å². The molecular weight excluding hydrogens is 305 g/mol. The Hall–Kier alpha value is -1.56. The van der Waals surface area contributed by atoms with Gasteiger partial charge in [0.15, 0.2) is 0 Å². The first-order valence-electron chi connectivity index (χ1n) is 8.13. The fourth-order valence-electron chi connectivity index (χ4n) is 3.76. The number of carbonyl (C=O) groups is 1. The Morgan fingerprint density at radius 1 is 1.22 bits per heavy atom. The Labute approximate surface area is 133 Å². The molecular formula is C17H21F3N2O. The number of hydrogen-bond donors (Lipinski definition) is 1. The molecule has 0 saturated carbocycles. The van der Waals surface area contributed by atoms with Gasteiger partial charge >= 0.3 is 6.18 Å². The van der Waals surface area contributed by atoms with Gasteiger partial charge in [0.25, 0.3) is 0 Å². The highest BCUT2D eigenvalue weighted by atomic mass is 19.4. The predicted octanol–water partition coefficient (Wildman–Crippen LogP) is 2.99. The minimum Gasteiger partial charge on any atom is -0.352 e. The Morgan fingerprint density at radius 3 is 2.70 bits per heavy atom. The van der Waals surface area contributed by atoms with Gasteiger partial charge in [0.2, 0.25) is 5.91 Å². The summed E-state index contributed by atoms with van der Waals surface area (Å²) in [5.74, 6) is -0.192. The molecule has 23 heavy (non-hydrogen) atoms. The van der Waals surface area contributed by atoms with Crippen LogP contribution >= 0.6 is 0 Å². The van der Waals surface area contributed by atoms with Crippen LogP contribution in [0.1, 0.15) is 36.8 Å². The van der Waals surface area contributed by atoms with Crippen molar-refractivity contribution in [3.63, 3.8) is 0 Å². The molecule has 3 rings (SSSR count). The van der Waals surface area contributed by atoms with E-state index in [4.69, 9.17) is 0 Å². The maximum absolute atomic E-state index is 12.7. The van der Waals surface area contributed by atoms with Crippen LogP contribution < -0.4 is 5.32 Å². The summed E-state index contributed by atoms with van der Waals surface area (Å²) >= 11 is 0. The normalized spacial score (nSPS) is 25.2. The van der Waals surface area contributed by atoms with Crippen LogP contribution in [0, 0.1) is 0 Å². The number of fused-ring (bicyclic) bond motifs is 1. The summed E-state index contributed by atoms with van der Waals surface area (Å²) in [5, 5.41) is 3.04. The van der Waals surface area contributed by atoms with Crippen LogP contribution in [0.2, 0.25) is 0 Å². The van der Waals surface area contributed by atoms with E-state index in [1.807, 2.05) is 0 Å². The lowest BCUT2D eigenvalue weighted by Crippen LogP contribution is -2.52. The minimum atomic E-state index is -4.37. The summed E-state index contributed by atoms with van der Waals surface area (Å²) < 4.78 is 38.2. The monoisotopic (exact) mass is 326 g/mol. The number of benzene rings is 1. The van der Waals surface area contributed by atoms with Gasteiger partial charge in [-0.1, -0.05) is 18.2 Å². The highest BCUT2D eigenvalue weighted by Gasteiger charge is 2.35. The average molecular weight is 326 g/mol. The smallest absolute Gasteiger partial charge is 0.352 e. The van der Waals surface area contributed by atoms with E-state index in [-0.39, 0.29) is 18.4 Å². The van der Waals surface area contributed by atoms with E-state index in [0.29, 0.717) is 11.6 Å². The second kappa shape index (κ2) is 6.51. The van der Waals surface area contributed by atoms with Crippen molar-refractivity contribution in [1.82, 2.24) is 10.2 Å². The largest absolute Gasteiger partial charge is 0.416 e. The maximum atomic E-state index is 12.7. The Bertz CT molecular complexity index is 573. The molecule has 1 amide bonds. The second-order valence-corrected chi connectivity index (χ2v) is 6.44. The lowest BCUT2D eigenvalue weighted by Gasteiger charge is -2.37. The van der Waals surface area contributed by atoms with Crippen LogP contribution in [0.5, 0.6) is 0 Å². The molecule has 2 saturated heterocycles. The van der Waals surface area contributed by atoms with Crippen LogP contribution in [0.15, 0.2) is 24.3 Å². The number of nitrogens with one attached hydrogen (secondary N) is 1. The van der Waals surface area contributed by atoms with Gasteiger partial charge in [-0.25, -0.2) is 0 Å². The number of carbonyl (C=O) groups excluding carboxylic acids is 1. The summed E-state index contributed by atoms with van der Waals surface area (Å²) in [5.41, 5.74) is -0.307. The van der Waals surface area contributed by atoms with Gasteiger partial charge in [0, 0.05) is 12.1 Å². The summed E-state index contributed by atoms with van der Waals surface area (Å²) in [6.07, 6.45) is -0.118. The zero-order chi connectivity index (χ0) is 16.4. The number of halogens is 3. The summed E-state index contributed by atoms with van der Waals surface area (Å²) in [6, 6.07) is 5.53. The van der Waals surface area contributed by atoms with Crippen molar-refractivity contribution in [3.05, 3.63) is 35.4 Å². The number of rotatable bonds is 3. The lowest BCUT2D eigenvalue weighted by atomic mass is 9.96. The lowest BCUT2D eigenvalue weighted by molar-refractivity contribution is -0.137. The molecule has 1 N–H and O–H groups in total. The first kappa shape index (κ1) is 16.3. The molecule has 0 bridgehead atoms. The number of alkyl halides is 3. The fourth-order valence-corrected chi connectivity index (χ4v) is 3.76. The Kier molecular flexibility index (Phi) is 4.62. The van der Waals surface area contributed by atoms with Crippen molar-refractivity contribution >= 4 is 5.91 Å². The van der Waals surface area contributed by atoms with E-state index in [1.54, 1.807) is 6.07 Å². The first-order valence-corrected chi connectivity index (χ1v) is 8.13. The summed E-state index contributed by atoms with van der Waals surface area (Å²) in [7, 11) is 0. The highest BCUT2D eigenvalue weighted by Crippen LogP contribution is 2.30. The summed E-state index contributed by atoms with van der Waals surface area (Å²) in [6.45, 7) is 2.18. The third-order valence-electron chi connectivity index (χ3n) is 4.80. The Morgan fingerprint density at radius 2 is 1.96 bits per heavy atom. The van der Waals surface area contributed by atoms with E-state index < -0.39 is 11.7 Å². The predicted molar refractivity (Wildman–Crippen MR) is 80.9 cm³/mol. The molecule has 2 aliphatic heterocycles. The zero-order valence-electron chi connectivity index (χ0n) is 12.9. The van der Waals surface area contributed by atoms with Gasteiger partial charge in [0.1, 0.15) is 0 Å². The van der Waals surface area contributed by atoms with Gasteiger partial charge < -0.3 is 5.32 Å². The molecule has 2 fully saturated rings. The molecule has 0 spiro atoms. The molecule has 1 aromatic rings. The third-order valence-corrected chi connectivity index (χ3v) is 4.80. The molecule has 6 heteroatoms.